The molecule has 0 saturated heterocycles. The Labute approximate surface area is 100 Å². The van der Waals surface area contributed by atoms with Crippen LogP contribution in [-0.2, 0) is 16.6 Å². The molecule has 0 amide bonds. The zero-order chi connectivity index (χ0) is 12.5. The Bertz CT molecular complexity index is 488. The number of halogens is 1. The first-order valence-corrected chi connectivity index (χ1v) is 7.11. The summed E-state index contributed by atoms with van der Waals surface area (Å²) in [6.45, 7) is 1.87. The average molecular weight is 261 g/mol. The van der Waals surface area contributed by atoms with E-state index in [9.17, 15) is 12.8 Å². The molecule has 5 nitrogen and oxygen atoms in total. The molecule has 1 aliphatic carbocycles. The molecule has 0 atom stereocenters. The summed E-state index contributed by atoms with van der Waals surface area (Å²) < 4.78 is 40.9. The molecule has 7 heteroatoms. The minimum absolute atomic E-state index is 0.0425. The van der Waals surface area contributed by atoms with E-state index in [1.165, 1.54) is 12.5 Å². The van der Waals surface area contributed by atoms with Crippen molar-refractivity contribution in [1.29, 1.82) is 0 Å². The number of imidazole rings is 1. The number of hydrogen-bond acceptors (Lipinski definition) is 3. The first kappa shape index (κ1) is 12.5. The van der Waals surface area contributed by atoms with Crippen molar-refractivity contribution >= 4 is 10.0 Å². The van der Waals surface area contributed by atoms with Gasteiger partial charge in [0.2, 0.25) is 0 Å². The van der Waals surface area contributed by atoms with Gasteiger partial charge in [0.1, 0.15) is 6.67 Å². The van der Waals surface area contributed by atoms with Crippen molar-refractivity contribution in [3.8, 4) is 0 Å². The highest BCUT2D eigenvalue weighted by atomic mass is 32.2. The number of nitrogens with zero attached hydrogens (tertiary/aromatic N) is 2. The van der Waals surface area contributed by atoms with E-state index in [0.29, 0.717) is 19.4 Å². The average Bonchev–Trinajstić information content (AvgIpc) is 2.72. The van der Waals surface area contributed by atoms with Crippen LogP contribution in [0.1, 0.15) is 26.2 Å². The number of nitrogens with one attached hydrogen (secondary N) is 1. The number of aromatic nitrogens is 2. The molecule has 1 aromatic rings. The maximum Gasteiger partial charge on any atom is 0.260 e. The van der Waals surface area contributed by atoms with Crippen molar-refractivity contribution in [2.24, 2.45) is 0 Å². The first-order valence-electron chi connectivity index (χ1n) is 5.63. The van der Waals surface area contributed by atoms with Gasteiger partial charge in [-0.15, -0.1) is 0 Å². The minimum Gasteiger partial charge on any atom is -0.336 e. The van der Waals surface area contributed by atoms with Gasteiger partial charge < -0.3 is 4.57 Å². The standard InChI is InChI=1S/C10H16FN3O2S/c1-2-14-6-9(12-8-14)17(15,16)13-10(7-11)4-3-5-10/h6,8,13H,2-5,7H2,1H3. The van der Waals surface area contributed by atoms with Crippen LogP contribution in [0.15, 0.2) is 17.6 Å². The zero-order valence-corrected chi connectivity index (χ0v) is 10.5. The molecule has 1 fully saturated rings. The number of rotatable bonds is 5. The lowest BCUT2D eigenvalue weighted by Crippen LogP contribution is -2.55. The van der Waals surface area contributed by atoms with Crippen LogP contribution in [0.5, 0.6) is 0 Å². The Hall–Kier alpha value is -0.950. The Kier molecular flexibility index (Phi) is 3.22. The van der Waals surface area contributed by atoms with E-state index in [-0.39, 0.29) is 5.03 Å². The molecule has 96 valence electrons. The van der Waals surface area contributed by atoms with Crippen molar-refractivity contribution in [1.82, 2.24) is 14.3 Å². The van der Waals surface area contributed by atoms with Gasteiger partial charge >= 0.3 is 0 Å². The SMILES string of the molecule is CCn1cnc(S(=O)(=O)NC2(CF)CCC2)c1. The van der Waals surface area contributed by atoms with E-state index < -0.39 is 22.2 Å². The van der Waals surface area contributed by atoms with E-state index in [0.717, 1.165) is 6.42 Å². The fourth-order valence-corrected chi connectivity index (χ4v) is 3.25. The van der Waals surface area contributed by atoms with Crippen molar-refractivity contribution in [2.75, 3.05) is 6.67 Å². The van der Waals surface area contributed by atoms with Gasteiger partial charge in [-0.3, -0.25) is 0 Å². The quantitative estimate of drug-likeness (QED) is 0.862. The molecule has 0 radical (unpaired) electrons. The van der Waals surface area contributed by atoms with Crippen LogP contribution in [0.2, 0.25) is 0 Å². The highest BCUT2D eigenvalue weighted by Crippen LogP contribution is 2.33. The lowest BCUT2D eigenvalue weighted by atomic mass is 9.79. The number of aryl methyl sites for hydroxylation is 1. The van der Waals surface area contributed by atoms with Crippen molar-refractivity contribution in [3.63, 3.8) is 0 Å². The van der Waals surface area contributed by atoms with Crippen molar-refractivity contribution in [2.45, 2.75) is 43.3 Å². The van der Waals surface area contributed by atoms with E-state index in [1.54, 1.807) is 4.57 Å². The molecule has 2 rings (SSSR count). The fraction of sp³-hybridized carbons (Fsp3) is 0.700. The lowest BCUT2D eigenvalue weighted by Gasteiger charge is -2.39. The third-order valence-electron chi connectivity index (χ3n) is 3.17. The van der Waals surface area contributed by atoms with Gasteiger partial charge in [-0.05, 0) is 26.2 Å². The van der Waals surface area contributed by atoms with Crippen LogP contribution >= 0.6 is 0 Å². The Balaban J connectivity index is 2.18. The second-order valence-corrected chi connectivity index (χ2v) is 6.04. The van der Waals surface area contributed by atoms with E-state index in [1.807, 2.05) is 6.92 Å². The van der Waals surface area contributed by atoms with E-state index >= 15 is 0 Å². The van der Waals surface area contributed by atoms with Crippen molar-refractivity contribution < 1.29 is 12.8 Å². The smallest absolute Gasteiger partial charge is 0.260 e. The molecule has 0 unspecified atom stereocenters. The second-order valence-electron chi connectivity index (χ2n) is 4.42. The normalized spacial score (nSPS) is 18.9. The van der Waals surface area contributed by atoms with Gasteiger partial charge in [0, 0.05) is 12.7 Å². The van der Waals surface area contributed by atoms with Gasteiger partial charge in [-0.1, -0.05) is 0 Å². The van der Waals surface area contributed by atoms with Gasteiger partial charge in [0.25, 0.3) is 10.0 Å². The summed E-state index contributed by atoms with van der Waals surface area (Å²) in [5.74, 6) is 0. The third kappa shape index (κ3) is 2.35. The maximum absolute atomic E-state index is 12.9. The summed E-state index contributed by atoms with van der Waals surface area (Å²) in [4.78, 5) is 3.83. The molecule has 0 aromatic carbocycles. The van der Waals surface area contributed by atoms with Crippen LogP contribution in [-0.4, -0.2) is 30.2 Å². The van der Waals surface area contributed by atoms with E-state index in [2.05, 4.69) is 9.71 Å². The number of sulfonamides is 1. The summed E-state index contributed by atoms with van der Waals surface area (Å²) >= 11 is 0. The number of hydrogen-bond donors (Lipinski definition) is 1. The maximum atomic E-state index is 12.9. The van der Waals surface area contributed by atoms with Crippen LogP contribution in [0.25, 0.3) is 0 Å². The van der Waals surface area contributed by atoms with Crippen LogP contribution in [0.4, 0.5) is 4.39 Å². The van der Waals surface area contributed by atoms with Crippen LogP contribution < -0.4 is 4.72 Å². The second kappa shape index (κ2) is 4.38. The molecule has 0 bridgehead atoms. The minimum atomic E-state index is -3.70. The highest BCUT2D eigenvalue weighted by molar-refractivity contribution is 7.89. The molecule has 0 spiro atoms. The molecule has 1 aliphatic rings. The summed E-state index contributed by atoms with van der Waals surface area (Å²) in [5, 5.41) is -0.0425. The fourth-order valence-electron chi connectivity index (χ4n) is 1.86. The topological polar surface area (TPSA) is 64.0 Å². The lowest BCUT2D eigenvalue weighted by molar-refractivity contribution is 0.169. The molecule has 17 heavy (non-hydrogen) atoms. The summed E-state index contributed by atoms with van der Waals surface area (Å²) in [5.41, 5.74) is -0.894. The zero-order valence-electron chi connectivity index (χ0n) is 9.69. The molecular weight excluding hydrogens is 245 g/mol. The Morgan fingerprint density at radius 1 is 1.59 bits per heavy atom. The Morgan fingerprint density at radius 2 is 2.29 bits per heavy atom. The molecule has 1 N–H and O–H groups in total. The van der Waals surface area contributed by atoms with E-state index in [4.69, 9.17) is 0 Å². The van der Waals surface area contributed by atoms with Gasteiger partial charge in [-0.25, -0.2) is 22.5 Å². The first-order chi connectivity index (χ1) is 8.01. The van der Waals surface area contributed by atoms with Crippen LogP contribution in [0.3, 0.4) is 0 Å². The van der Waals surface area contributed by atoms with Gasteiger partial charge in [0.15, 0.2) is 5.03 Å². The van der Waals surface area contributed by atoms with Gasteiger partial charge in [-0.2, -0.15) is 0 Å². The van der Waals surface area contributed by atoms with Gasteiger partial charge in [0.05, 0.1) is 11.9 Å². The van der Waals surface area contributed by atoms with Crippen LogP contribution in [0, 0.1) is 0 Å². The summed E-state index contributed by atoms with van der Waals surface area (Å²) in [7, 11) is -3.70. The molecular formula is C10H16FN3O2S. The molecule has 1 aromatic heterocycles. The summed E-state index contributed by atoms with van der Waals surface area (Å²) in [6, 6.07) is 0. The third-order valence-corrected chi connectivity index (χ3v) is 4.63. The monoisotopic (exact) mass is 261 g/mol. The number of alkyl halides is 1. The molecule has 0 aliphatic heterocycles. The predicted molar refractivity (Wildman–Crippen MR) is 60.8 cm³/mol. The summed E-state index contributed by atoms with van der Waals surface area (Å²) in [6.07, 6.45) is 4.87. The highest BCUT2D eigenvalue weighted by Gasteiger charge is 2.41. The Morgan fingerprint density at radius 3 is 2.71 bits per heavy atom. The van der Waals surface area contributed by atoms with Crippen molar-refractivity contribution in [3.05, 3.63) is 12.5 Å². The molecule has 1 saturated carbocycles. The largest absolute Gasteiger partial charge is 0.336 e. The predicted octanol–water partition coefficient (Wildman–Crippen LogP) is 1.07. The molecule has 1 heterocycles.